The average molecular weight is 757 g/mol. The van der Waals surface area contributed by atoms with Gasteiger partial charge in [0.15, 0.2) is 0 Å². The van der Waals surface area contributed by atoms with Crippen LogP contribution in [0.25, 0.3) is 0 Å². The van der Waals surface area contributed by atoms with Crippen molar-refractivity contribution in [3.8, 4) is 0 Å². The number of phosphoric ester groups is 1. The van der Waals surface area contributed by atoms with E-state index < -0.39 is 37.6 Å². The van der Waals surface area contributed by atoms with Crippen molar-refractivity contribution in [2.24, 2.45) is 0 Å². The molecule has 6 aromatic carbocycles. The van der Waals surface area contributed by atoms with Crippen LogP contribution in [0.2, 0.25) is 0 Å². The van der Waals surface area contributed by atoms with Gasteiger partial charge in [-0.2, -0.15) is 0 Å². The molecule has 6 rings (SSSR count). The molecular weight excluding hydrogens is 711 g/mol. The summed E-state index contributed by atoms with van der Waals surface area (Å²) in [4.78, 5) is 23.0. The van der Waals surface area contributed by atoms with Gasteiger partial charge in [0.1, 0.15) is 17.2 Å². The van der Waals surface area contributed by atoms with Crippen molar-refractivity contribution in [1.82, 2.24) is 10.9 Å². The van der Waals surface area contributed by atoms with Crippen LogP contribution in [0.15, 0.2) is 182 Å². The molecule has 0 bridgehead atoms. The van der Waals surface area contributed by atoms with Crippen molar-refractivity contribution >= 4 is 13.8 Å². The third-order valence-corrected chi connectivity index (χ3v) is 10.1. The molecule has 6 aromatic rings. The minimum Gasteiger partial charge on any atom is -0.458 e. The molecule has 0 saturated carbocycles. The lowest BCUT2D eigenvalue weighted by molar-refractivity contribution is -0.154. The molecule has 10 heteroatoms. The van der Waals surface area contributed by atoms with Gasteiger partial charge >= 0.3 is 13.8 Å². The summed E-state index contributed by atoms with van der Waals surface area (Å²) in [6.07, 6.45) is -1.04. The highest BCUT2D eigenvalue weighted by molar-refractivity contribution is 7.47. The van der Waals surface area contributed by atoms with Crippen molar-refractivity contribution in [3.63, 3.8) is 0 Å². The largest absolute Gasteiger partial charge is 0.472 e. The molecule has 3 N–H and O–H groups in total. The Morgan fingerprint density at radius 2 is 0.945 bits per heavy atom. The van der Waals surface area contributed by atoms with Crippen LogP contribution in [0.5, 0.6) is 0 Å². The molecule has 0 aromatic heterocycles. The van der Waals surface area contributed by atoms with E-state index in [9.17, 15) is 14.3 Å². The summed E-state index contributed by atoms with van der Waals surface area (Å²) < 4.78 is 36.3. The van der Waals surface area contributed by atoms with Gasteiger partial charge in [0.05, 0.1) is 19.8 Å². The zero-order valence-corrected chi connectivity index (χ0v) is 31.5. The van der Waals surface area contributed by atoms with Crippen LogP contribution in [0, 0.1) is 0 Å². The minimum atomic E-state index is -4.60. The lowest BCUT2D eigenvalue weighted by Gasteiger charge is -2.37. The summed E-state index contributed by atoms with van der Waals surface area (Å²) >= 11 is 0. The molecule has 282 valence electrons. The van der Waals surface area contributed by atoms with Gasteiger partial charge in [0.2, 0.25) is 0 Å². The normalized spacial score (nSPS) is 13.4. The Balaban J connectivity index is 1.14. The summed E-state index contributed by atoms with van der Waals surface area (Å²) in [5.41, 5.74) is 10.3. The first kappa shape index (κ1) is 39.5. The predicted molar refractivity (Wildman–Crippen MR) is 213 cm³/mol. The number of benzene rings is 6. The van der Waals surface area contributed by atoms with Crippen molar-refractivity contribution in [2.75, 3.05) is 26.4 Å². The summed E-state index contributed by atoms with van der Waals surface area (Å²) in [5.74, 6) is -0.593. The molecule has 0 aliphatic rings. The molecule has 9 nitrogen and oxygen atoms in total. The highest BCUT2D eigenvalue weighted by Crippen LogP contribution is 2.44. The molecule has 1 unspecified atom stereocenters. The predicted octanol–water partition coefficient (Wildman–Crippen LogP) is 8.15. The maximum Gasteiger partial charge on any atom is 0.472 e. The number of ether oxygens (including phenoxy) is 2. The van der Waals surface area contributed by atoms with Crippen LogP contribution in [0.3, 0.4) is 0 Å². The number of hydrogen-bond acceptors (Lipinski definition) is 8. The monoisotopic (exact) mass is 756 g/mol. The van der Waals surface area contributed by atoms with Crippen LogP contribution in [-0.4, -0.2) is 43.3 Å². The second-order valence-corrected chi connectivity index (χ2v) is 14.3. The number of hydrazine groups is 1. The molecule has 0 spiro atoms. The Morgan fingerprint density at radius 1 is 0.582 bits per heavy atom. The zero-order valence-electron chi connectivity index (χ0n) is 30.6. The molecule has 0 aliphatic carbocycles. The average Bonchev–Trinajstić information content (AvgIpc) is 3.23. The van der Waals surface area contributed by atoms with Crippen LogP contribution >= 0.6 is 7.82 Å². The third-order valence-electron chi connectivity index (χ3n) is 9.16. The first-order chi connectivity index (χ1) is 26.8. The fourth-order valence-electron chi connectivity index (χ4n) is 6.74. The highest BCUT2D eigenvalue weighted by atomic mass is 31.2. The van der Waals surface area contributed by atoms with Gasteiger partial charge in [-0.25, -0.2) is 9.99 Å². The first-order valence-electron chi connectivity index (χ1n) is 18.1. The molecule has 0 saturated heterocycles. The maximum atomic E-state index is 13.2. The van der Waals surface area contributed by atoms with Gasteiger partial charge in [-0.05, 0) is 33.4 Å². The minimum absolute atomic E-state index is 0.145. The third kappa shape index (κ3) is 9.72. The summed E-state index contributed by atoms with van der Waals surface area (Å²) in [6, 6.07) is 59.3. The Labute approximate surface area is 322 Å². The van der Waals surface area contributed by atoms with Crippen LogP contribution in [0.1, 0.15) is 40.3 Å². The molecule has 0 heterocycles. The first-order valence-corrected chi connectivity index (χ1v) is 19.6. The van der Waals surface area contributed by atoms with E-state index in [2.05, 4.69) is 10.9 Å². The second-order valence-electron chi connectivity index (χ2n) is 12.8. The Kier molecular flexibility index (Phi) is 13.6. The molecule has 2 atom stereocenters. The maximum absolute atomic E-state index is 13.2. The molecule has 0 aliphatic heterocycles. The number of hydrogen-bond donors (Lipinski definition) is 3. The van der Waals surface area contributed by atoms with Gasteiger partial charge in [-0.3, -0.25) is 19.3 Å². The lowest BCUT2D eigenvalue weighted by atomic mass is 9.77. The van der Waals surface area contributed by atoms with Gasteiger partial charge in [0.25, 0.3) is 0 Å². The van der Waals surface area contributed by atoms with Gasteiger partial charge in [0, 0.05) is 13.5 Å². The summed E-state index contributed by atoms with van der Waals surface area (Å²) in [7, 11) is -4.60. The molecule has 0 radical (unpaired) electrons. The number of nitrogens with one attached hydrogen (secondary N) is 2. The lowest BCUT2D eigenvalue weighted by Crippen LogP contribution is -2.52. The summed E-state index contributed by atoms with van der Waals surface area (Å²) in [6.45, 7) is 0.617. The second kappa shape index (κ2) is 18.9. The smallest absolute Gasteiger partial charge is 0.458 e. The van der Waals surface area contributed by atoms with E-state index in [4.69, 9.17) is 18.5 Å². The van der Waals surface area contributed by atoms with Crippen molar-refractivity contribution in [2.45, 2.75) is 24.2 Å². The highest BCUT2D eigenvalue weighted by Gasteiger charge is 2.39. The van der Waals surface area contributed by atoms with E-state index in [1.165, 1.54) is 6.92 Å². The van der Waals surface area contributed by atoms with E-state index in [1.54, 1.807) is 0 Å². The van der Waals surface area contributed by atoms with Crippen LogP contribution < -0.4 is 10.9 Å². The van der Waals surface area contributed by atoms with Crippen LogP contribution in [0.4, 0.5) is 0 Å². The van der Waals surface area contributed by atoms with Gasteiger partial charge in [-0.15, -0.1) is 0 Å². The number of esters is 1. The topological polar surface area (TPSA) is 115 Å². The molecule has 55 heavy (non-hydrogen) atoms. The Hall–Kier alpha value is -5.22. The summed E-state index contributed by atoms with van der Waals surface area (Å²) in [5, 5.41) is 0. The van der Waals surface area contributed by atoms with E-state index >= 15 is 0 Å². The van der Waals surface area contributed by atoms with Crippen molar-refractivity contribution in [3.05, 3.63) is 215 Å². The van der Waals surface area contributed by atoms with Gasteiger partial charge in [-0.1, -0.05) is 182 Å². The fourth-order valence-corrected chi connectivity index (χ4v) is 7.49. The SMILES string of the molecule is CC(=O)O[C@H](COC(c1ccccc1)(c1ccccc1)c1ccccc1)COP(=O)(O)OCCNNC(c1ccccc1)(c1ccccc1)c1ccccc1. The number of carbonyl (C=O) groups is 1. The molecular formula is C45H45N2O7P. The van der Waals surface area contributed by atoms with E-state index in [-0.39, 0.29) is 19.8 Å². The van der Waals surface area contributed by atoms with Crippen molar-refractivity contribution < 1.29 is 32.8 Å². The number of carbonyl (C=O) groups excluding carboxylic acids is 1. The molecule has 0 amide bonds. The van der Waals surface area contributed by atoms with E-state index in [1.807, 2.05) is 182 Å². The Morgan fingerprint density at radius 3 is 1.31 bits per heavy atom. The fraction of sp³-hybridized carbons (Fsp3) is 0.178. The number of rotatable bonds is 19. The standard InChI is InChI=1S/C45H45N2O7P/c1-36(48)54-43(34-51-45(40-26-14-5-15-27-40,41-28-16-6-17-29-41)42-30-18-7-19-31-42)35-53-55(49,50)52-33-32-46-47-44(37-20-8-2-9-21-37,38-22-10-3-11-23-38)39-24-12-4-13-25-39/h2-31,43,46-47H,32-35H2,1H3,(H,49,50)/t43-/m1/s1. The van der Waals surface area contributed by atoms with Gasteiger partial charge < -0.3 is 14.4 Å². The number of phosphoric acid groups is 1. The van der Waals surface area contributed by atoms with Crippen molar-refractivity contribution in [1.29, 1.82) is 0 Å². The quantitative estimate of drug-likeness (QED) is 0.0248. The van der Waals surface area contributed by atoms with Crippen LogP contribution in [-0.2, 0) is 39.0 Å². The van der Waals surface area contributed by atoms with E-state index in [0.717, 1.165) is 33.4 Å². The molecule has 0 fully saturated rings. The van der Waals surface area contributed by atoms with E-state index in [0.29, 0.717) is 0 Å². The Bertz CT molecular complexity index is 1900. The zero-order chi connectivity index (χ0) is 38.4.